The molecule has 0 amide bonds. The SMILES string of the molecule is COB(OC)c1nccs1. The van der Waals surface area contributed by atoms with E-state index in [0.717, 1.165) is 4.91 Å². The summed E-state index contributed by atoms with van der Waals surface area (Å²) in [4.78, 5) is 4.88. The molecule has 1 heterocycles. The summed E-state index contributed by atoms with van der Waals surface area (Å²) in [6.45, 7) is 0. The van der Waals surface area contributed by atoms with Gasteiger partial charge in [0.25, 0.3) is 0 Å². The van der Waals surface area contributed by atoms with Gasteiger partial charge in [-0.25, -0.2) is 0 Å². The highest BCUT2D eigenvalue weighted by atomic mass is 32.1. The van der Waals surface area contributed by atoms with E-state index in [4.69, 9.17) is 9.31 Å². The largest absolute Gasteiger partial charge is 0.524 e. The van der Waals surface area contributed by atoms with Gasteiger partial charge in [-0.3, -0.25) is 4.98 Å². The Morgan fingerprint density at radius 3 is 2.60 bits per heavy atom. The number of aromatic nitrogens is 1. The van der Waals surface area contributed by atoms with Crippen molar-refractivity contribution in [3.05, 3.63) is 11.6 Å². The van der Waals surface area contributed by atoms with E-state index in [1.165, 1.54) is 11.3 Å². The second-order valence-electron chi connectivity index (χ2n) is 1.67. The van der Waals surface area contributed by atoms with Gasteiger partial charge in [-0.05, 0) is 0 Å². The van der Waals surface area contributed by atoms with Crippen LogP contribution in [-0.4, -0.2) is 26.3 Å². The van der Waals surface area contributed by atoms with Crippen LogP contribution < -0.4 is 4.91 Å². The average Bonchev–Trinajstić information content (AvgIpc) is 2.43. The lowest BCUT2D eigenvalue weighted by Gasteiger charge is -2.02. The van der Waals surface area contributed by atoms with Gasteiger partial charge in [0, 0.05) is 25.8 Å². The zero-order chi connectivity index (χ0) is 7.40. The zero-order valence-electron chi connectivity index (χ0n) is 5.90. The third-order valence-corrected chi connectivity index (χ3v) is 1.88. The highest BCUT2D eigenvalue weighted by Gasteiger charge is 2.20. The van der Waals surface area contributed by atoms with Gasteiger partial charge in [-0.2, -0.15) is 0 Å². The molecule has 0 spiro atoms. The normalized spacial score (nSPS) is 9.80. The van der Waals surface area contributed by atoms with E-state index >= 15 is 0 Å². The highest BCUT2D eigenvalue weighted by molar-refractivity contribution is 7.20. The smallest absolute Gasteiger partial charge is 0.409 e. The van der Waals surface area contributed by atoms with Crippen molar-refractivity contribution in [3.8, 4) is 0 Å². The molecule has 10 heavy (non-hydrogen) atoms. The summed E-state index contributed by atoms with van der Waals surface area (Å²) in [5, 5.41) is 1.89. The lowest BCUT2D eigenvalue weighted by molar-refractivity contribution is 0.292. The number of hydrogen-bond acceptors (Lipinski definition) is 4. The van der Waals surface area contributed by atoms with Crippen LogP contribution >= 0.6 is 11.3 Å². The molecule has 0 atom stereocenters. The van der Waals surface area contributed by atoms with E-state index in [0.29, 0.717) is 0 Å². The molecule has 0 unspecified atom stereocenters. The molecule has 0 saturated carbocycles. The molecule has 1 rings (SSSR count). The lowest BCUT2D eigenvalue weighted by atomic mass is 9.92. The molecule has 1 aromatic heterocycles. The van der Waals surface area contributed by atoms with Crippen LogP contribution in [0.4, 0.5) is 0 Å². The molecular weight excluding hydrogens is 149 g/mol. The Labute approximate surface area is 64.1 Å². The van der Waals surface area contributed by atoms with Crippen LogP contribution in [0.5, 0.6) is 0 Å². The van der Waals surface area contributed by atoms with E-state index in [1.54, 1.807) is 20.4 Å². The predicted molar refractivity (Wildman–Crippen MR) is 41.5 cm³/mol. The Morgan fingerprint density at radius 2 is 2.20 bits per heavy atom. The van der Waals surface area contributed by atoms with Crippen LogP contribution in [0.2, 0.25) is 0 Å². The minimum Gasteiger partial charge on any atom is -0.409 e. The molecule has 1 aromatic rings. The first kappa shape index (κ1) is 7.72. The van der Waals surface area contributed by atoms with Crippen LogP contribution in [0.25, 0.3) is 0 Å². The second-order valence-corrected chi connectivity index (χ2v) is 2.60. The van der Waals surface area contributed by atoms with Gasteiger partial charge >= 0.3 is 7.12 Å². The molecular formula is C5H8BNO2S. The first-order valence-corrected chi connectivity index (χ1v) is 3.71. The van der Waals surface area contributed by atoms with Crippen molar-refractivity contribution in [1.29, 1.82) is 0 Å². The van der Waals surface area contributed by atoms with Crippen LogP contribution in [-0.2, 0) is 9.31 Å². The molecule has 0 aliphatic heterocycles. The predicted octanol–water partition coefficient (Wildman–Crippen LogP) is 0.131. The van der Waals surface area contributed by atoms with Gasteiger partial charge in [-0.1, -0.05) is 0 Å². The Balaban J connectivity index is 2.64. The Kier molecular flexibility index (Phi) is 2.86. The van der Waals surface area contributed by atoms with Gasteiger partial charge in [-0.15, -0.1) is 11.3 Å². The quantitative estimate of drug-likeness (QED) is 0.584. The lowest BCUT2D eigenvalue weighted by Crippen LogP contribution is -2.34. The van der Waals surface area contributed by atoms with Crippen molar-refractivity contribution < 1.29 is 9.31 Å². The fraction of sp³-hybridized carbons (Fsp3) is 0.400. The summed E-state index contributed by atoms with van der Waals surface area (Å²) in [7, 11) is 2.88. The van der Waals surface area contributed by atoms with Crippen molar-refractivity contribution >= 4 is 23.4 Å². The van der Waals surface area contributed by atoms with E-state index in [2.05, 4.69) is 4.98 Å². The first-order valence-electron chi connectivity index (χ1n) is 2.83. The van der Waals surface area contributed by atoms with Crippen molar-refractivity contribution in [3.63, 3.8) is 0 Å². The standard InChI is InChI=1S/C5H8BNO2S/c1-8-6(9-2)5-7-3-4-10-5/h3-4H,1-2H3. The topological polar surface area (TPSA) is 31.4 Å². The molecule has 0 aliphatic carbocycles. The average molecular weight is 157 g/mol. The summed E-state index contributed by atoms with van der Waals surface area (Å²) in [6, 6.07) is 0. The zero-order valence-corrected chi connectivity index (χ0v) is 6.72. The Hall–Kier alpha value is -0.385. The number of rotatable bonds is 3. The van der Waals surface area contributed by atoms with E-state index in [-0.39, 0.29) is 7.12 Å². The number of hydrogen-bond donors (Lipinski definition) is 0. The monoisotopic (exact) mass is 157 g/mol. The molecule has 0 N–H and O–H groups in total. The van der Waals surface area contributed by atoms with Gasteiger partial charge in [0.1, 0.15) is 4.91 Å². The maximum Gasteiger partial charge on any atom is 0.524 e. The number of thiazole rings is 1. The van der Waals surface area contributed by atoms with E-state index < -0.39 is 0 Å². The van der Waals surface area contributed by atoms with Crippen LogP contribution in [0.15, 0.2) is 11.6 Å². The fourth-order valence-electron chi connectivity index (χ4n) is 0.649. The van der Waals surface area contributed by atoms with Crippen LogP contribution in [0, 0.1) is 0 Å². The van der Waals surface area contributed by atoms with Crippen molar-refractivity contribution in [2.45, 2.75) is 0 Å². The van der Waals surface area contributed by atoms with Crippen LogP contribution in [0.1, 0.15) is 0 Å². The van der Waals surface area contributed by atoms with E-state index in [1.807, 2.05) is 5.38 Å². The van der Waals surface area contributed by atoms with Gasteiger partial charge in [0.15, 0.2) is 0 Å². The third kappa shape index (κ3) is 1.56. The molecule has 0 aromatic carbocycles. The summed E-state index contributed by atoms with van der Waals surface area (Å²) < 4.78 is 9.94. The molecule has 54 valence electrons. The van der Waals surface area contributed by atoms with Gasteiger partial charge in [0.05, 0.1) is 0 Å². The summed E-state index contributed by atoms with van der Waals surface area (Å²) in [6.07, 6.45) is 1.73. The van der Waals surface area contributed by atoms with Crippen molar-refractivity contribution in [2.24, 2.45) is 0 Å². The minimum atomic E-state index is -0.306. The summed E-state index contributed by atoms with van der Waals surface area (Å²) in [5.41, 5.74) is 0. The molecule has 0 fully saturated rings. The molecule has 0 radical (unpaired) electrons. The number of nitrogens with zero attached hydrogens (tertiary/aromatic N) is 1. The van der Waals surface area contributed by atoms with Gasteiger partial charge in [0.2, 0.25) is 0 Å². The molecule has 0 saturated heterocycles. The third-order valence-electron chi connectivity index (χ3n) is 1.08. The maximum absolute atomic E-state index is 4.97. The Bertz CT molecular complexity index is 176. The summed E-state index contributed by atoms with van der Waals surface area (Å²) in [5.74, 6) is 0. The summed E-state index contributed by atoms with van der Waals surface area (Å²) >= 11 is 1.52. The molecule has 0 bridgehead atoms. The van der Waals surface area contributed by atoms with Crippen LogP contribution in [0.3, 0.4) is 0 Å². The fourth-order valence-corrected chi connectivity index (χ4v) is 1.34. The van der Waals surface area contributed by atoms with Gasteiger partial charge < -0.3 is 9.31 Å². The van der Waals surface area contributed by atoms with Crippen molar-refractivity contribution in [2.75, 3.05) is 14.2 Å². The molecule has 3 nitrogen and oxygen atoms in total. The maximum atomic E-state index is 4.97. The minimum absolute atomic E-state index is 0.306. The second kappa shape index (κ2) is 3.70. The van der Waals surface area contributed by atoms with E-state index in [9.17, 15) is 0 Å². The highest BCUT2D eigenvalue weighted by Crippen LogP contribution is 1.93. The molecule has 5 heteroatoms. The Morgan fingerprint density at radius 1 is 1.50 bits per heavy atom. The molecule has 0 aliphatic rings. The van der Waals surface area contributed by atoms with Crippen molar-refractivity contribution in [1.82, 2.24) is 4.98 Å². The first-order chi connectivity index (χ1) is 4.88.